The van der Waals surface area contributed by atoms with Crippen LogP contribution in [0.2, 0.25) is 0 Å². The molecule has 9 rings (SSSR count). The number of hydrogen-bond donors (Lipinski definition) is 0. The van der Waals surface area contributed by atoms with Crippen LogP contribution in [0.1, 0.15) is 0 Å². The molecule has 0 atom stereocenters. The van der Waals surface area contributed by atoms with Gasteiger partial charge in [0.25, 0.3) is 0 Å². The molecule has 43 heavy (non-hydrogen) atoms. The zero-order chi connectivity index (χ0) is 28.3. The van der Waals surface area contributed by atoms with Crippen LogP contribution >= 0.6 is 0 Å². The molecular formula is C40H24N2O. The smallest absolute Gasteiger partial charge is 0.136 e. The van der Waals surface area contributed by atoms with Crippen molar-refractivity contribution in [1.82, 2.24) is 9.97 Å². The summed E-state index contributed by atoms with van der Waals surface area (Å²) >= 11 is 0. The van der Waals surface area contributed by atoms with Crippen molar-refractivity contribution < 1.29 is 4.42 Å². The highest BCUT2D eigenvalue weighted by atomic mass is 16.3. The Morgan fingerprint density at radius 3 is 1.70 bits per heavy atom. The van der Waals surface area contributed by atoms with Gasteiger partial charge >= 0.3 is 0 Å². The first-order chi connectivity index (χ1) is 21.3. The van der Waals surface area contributed by atoms with Crippen LogP contribution in [-0.2, 0) is 0 Å². The molecule has 9 aromatic rings. The van der Waals surface area contributed by atoms with Crippen molar-refractivity contribution >= 4 is 54.5 Å². The maximum atomic E-state index is 6.31. The summed E-state index contributed by atoms with van der Waals surface area (Å²) in [4.78, 5) is 10.2. The average molecular weight is 549 g/mol. The Kier molecular flexibility index (Phi) is 5.20. The number of aromatic nitrogens is 2. The third kappa shape index (κ3) is 3.90. The molecule has 3 aromatic heterocycles. The second kappa shape index (κ2) is 9.37. The second-order valence-corrected chi connectivity index (χ2v) is 11.0. The first-order valence-electron chi connectivity index (χ1n) is 14.5. The Morgan fingerprint density at radius 1 is 0.372 bits per heavy atom. The van der Waals surface area contributed by atoms with E-state index in [-0.39, 0.29) is 0 Å². The monoisotopic (exact) mass is 548 g/mol. The molecule has 0 aliphatic heterocycles. The van der Waals surface area contributed by atoms with Gasteiger partial charge in [0, 0.05) is 32.7 Å². The maximum absolute atomic E-state index is 6.31. The van der Waals surface area contributed by atoms with Gasteiger partial charge in [-0.05, 0) is 52.2 Å². The van der Waals surface area contributed by atoms with Crippen LogP contribution in [0, 0.1) is 0 Å². The van der Waals surface area contributed by atoms with Gasteiger partial charge in [-0.3, -0.25) is 0 Å². The topological polar surface area (TPSA) is 38.9 Å². The average Bonchev–Trinajstić information content (AvgIpc) is 3.47. The van der Waals surface area contributed by atoms with Gasteiger partial charge in [0.2, 0.25) is 0 Å². The van der Waals surface area contributed by atoms with E-state index in [0.717, 1.165) is 72.0 Å². The number of pyridine rings is 2. The first kappa shape index (κ1) is 23.9. The number of hydrogen-bond acceptors (Lipinski definition) is 3. The molecule has 0 aliphatic carbocycles. The van der Waals surface area contributed by atoms with Gasteiger partial charge in [0.15, 0.2) is 0 Å². The standard InChI is InChI=1S/C40H24N2O/c1-2-7-27(8-3-1)34-21-17-29-14-15-30-18-22-35(42-40(30)39(29)41-34)28-12-10-25(11-13-28)31-16-20-33-37(24-31)43-36-23-19-26-6-4-5-9-32(26)38(33)36/h1-24H. The maximum Gasteiger partial charge on any atom is 0.136 e. The van der Waals surface area contributed by atoms with Crippen molar-refractivity contribution in [2.24, 2.45) is 0 Å². The Bertz CT molecular complexity index is 2490. The van der Waals surface area contributed by atoms with E-state index in [9.17, 15) is 0 Å². The van der Waals surface area contributed by atoms with E-state index >= 15 is 0 Å². The van der Waals surface area contributed by atoms with Crippen molar-refractivity contribution in [1.29, 1.82) is 0 Å². The van der Waals surface area contributed by atoms with Gasteiger partial charge in [-0.25, -0.2) is 9.97 Å². The lowest BCUT2D eigenvalue weighted by molar-refractivity contribution is 0.669. The molecule has 0 N–H and O–H groups in total. The minimum atomic E-state index is 0.901. The van der Waals surface area contributed by atoms with Gasteiger partial charge in [-0.1, -0.05) is 115 Å². The van der Waals surface area contributed by atoms with Crippen LogP contribution in [-0.4, -0.2) is 9.97 Å². The summed E-state index contributed by atoms with van der Waals surface area (Å²) in [6.07, 6.45) is 0. The Labute approximate surface area is 247 Å². The Balaban J connectivity index is 1.10. The van der Waals surface area contributed by atoms with E-state index in [4.69, 9.17) is 14.4 Å². The lowest BCUT2D eigenvalue weighted by Gasteiger charge is -2.09. The molecule has 3 heterocycles. The van der Waals surface area contributed by atoms with Crippen molar-refractivity contribution in [3.8, 4) is 33.6 Å². The number of rotatable bonds is 3. The SMILES string of the molecule is c1ccc(-c2ccc3ccc4ccc(-c5ccc(-c6ccc7c(c6)oc6ccc8ccccc8c67)cc5)nc4c3n2)cc1. The summed E-state index contributed by atoms with van der Waals surface area (Å²) in [6.45, 7) is 0. The molecule has 0 spiro atoms. The van der Waals surface area contributed by atoms with Crippen molar-refractivity contribution in [2.45, 2.75) is 0 Å². The molecule has 0 unspecified atom stereocenters. The van der Waals surface area contributed by atoms with Crippen LogP contribution < -0.4 is 0 Å². The van der Waals surface area contributed by atoms with E-state index < -0.39 is 0 Å². The predicted octanol–water partition coefficient (Wildman–Crippen LogP) is 10.8. The number of furan rings is 1. The van der Waals surface area contributed by atoms with E-state index in [1.165, 1.54) is 16.2 Å². The van der Waals surface area contributed by atoms with Gasteiger partial charge in [0.05, 0.1) is 22.4 Å². The number of fused-ring (bicyclic) bond motifs is 8. The lowest BCUT2D eigenvalue weighted by Crippen LogP contribution is -1.91. The fraction of sp³-hybridized carbons (Fsp3) is 0. The van der Waals surface area contributed by atoms with Crippen LogP contribution in [0.4, 0.5) is 0 Å². The molecule has 0 saturated carbocycles. The number of nitrogens with zero attached hydrogens (tertiary/aromatic N) is 2. The molecule has 0 aliphatic rings. The quantitative estimate of drug-likeness (QED) is 0.206. The third-order valence-electron chi connectivity index (χ3n) is 8.46. The molecule has 0 amide bonds. The molecule has 0 radical (unpaired) electrons. The van der Waals surface area contributed by atoms with Crippen molar-refractivity contribution in [3.63, 3.8) is 0 Å². The Hall–Kier alpha value is -5.80. The molecule has 6 aromatic carbocycles. The summed E-state index contributed by atoms with van der Waals surface area (Å²) in [7, 11) is 0. The second-order valence-electron chi connectivity index (χ2n) is 11.0. The van der Waals surface area contributed by atoms with Gasteiger partial charge in [-0.15, -0.1) is 0 Å². The van der Waals surface area contributed by atoms with Crippen LogP contribution in [0.25, 0.3) is 88.2 Å². The fourth-order valence-electron chi connectivity index (χ4n) is 6.26. The van der Waals surface area contributed by atoms with Crippen LogP contribution in [0.3, 0.4) is 0 Å². The molecular weight excluding hydrogens is 524 g/mol. The summed E-state index contributed by atoms with van der Waals surface area (Å²) in [5.74, 6) is 0. The summed E-state index contributed by atoms with van der Waals surface area (Å²) < 4.78 is 6.31. The summed E-state index contributed by atoms with van der Waals surface area (Å²) in [6, 6.07) is 50.8. The largest absolute Gasteiger partial charge is 0.456 e. The minimum Gasteiger partial charge on any atom is -0.456 e. The normalized spacial score (nSPS) is 11.7. The van der Waals surface area contributed by atoms with Gasteiger partial charge < -0.3 is 4.42 Å². The predicted molar refractivity (Wildman–Crippen MR) is 178 cm³/mol. The highest BCUT2D eigenvalue weighted by Crippen LogP contribution is 2.37. The zero-order valence-electron chi connectivity index (χ0n) is 23.2. The van der Waals surface area contributed by atoms with E-state index in [1.54, 1.807) is 0 Å². The van der Waals surface area contributed by atoms with Crippen molar-refractivity contribution in [2.75, 3.05) is 0 Å². The van der Waals surface area contributed by atoms with Crippen LogP contribution in [0.5, 0.6) is 0 Å². The highest BCUT2D eigenvalue weighted by Gasteiger charge is 2.13. The molecule has 200 valence electrons. The minimum absolute atomic E-state index is 0.901. The van der Waals surface area contributed by atoms with E-state index in [0.29, 0.717) is 0 Å². The summed E-state index contributed by atoms with van der Waals surface area (Å²) in [5, 5.41) is 6.93. The Morgan fingerprint density at radius 2 is 0.953 bits per heavy atom. The molecule has 0 fully saturated rings. The van der Waals surface area contributed by atoms with Crippen LogP contribution in [0.15, 0.2) is 150 Å². The first-order valence-corrected chi connectivity index (χ1v) is 14.5. The molecule has 0 saturated heterocycles. The van der Waals surface area contributed by atoms with E-state index in [1.807, 2.05) is 18.2 Å². The third-order valence-corrected chi connectivity index (χ3v) is 8.46. The highest BCUT2D eigenvalue weighted by molar-refractivity contribution is 6.19. The molecule has 3 nitrogen and oxygen atoms in total. The zero-order valence-corrected chi connectivity index (χ0v) is 23.2. The van der Waals surface area contributed by atoms with E-state index in [2.05, 4.69) is 127 Å². The molecule has 0 bridgehead atoms. The molecule has 3 heteroatoms. The number of benzene rings is 6. The lowest BCUT2D eigenvalue weighted by atomic mass is 9.99. The van der Waals surface area contributed by atoms with Gasteiger partial charge in [-0.2, -0.15) is 0 Å². The van der Waals surface area contributed by atoms with Crippen molar-refractivity contribution in [3.05, 3.63) is 146 Å². The summed E-state index contributed by atoms with van der Waals surface area (Å²) in [5.41, 5.74) is 9.96. The fourth-order valence-corrected chi connectivity index (χ4v) is 6.26. The van der Waals surface area contributed by atoms with Gasteiger partial charge in [0.1, 0.15) is 11.2 Å².